The Bertz CT molecular complexity index is 332. The van der Waals surface area contributed by atoms with Crippen LogP contribution in [-0.2, 0) is 0 Å². The summed E-state index contributed by atoms with van der Waals surface area (Å²) in [5.74, 6) is 0. The third kappa shape index (κ3) is 1.69. The summed E-state index contributed by atoms with van der Waals surface area (Å²) in [6.45, 7) is 0.555. The third-order valence-electron chi connectivity index (χ3n) is 2.72. The Balaban J connectivity index is 2.30. The van der Waals surface area contributed by atoms with Crippen molar-refractivity contribution in [3.8, 4) is 0 Å². The summed E-state index contributed by atoms with van der Waals surface area (Å²) < 4.78 is -0.220. The summed E-state index contributed by atoms with van der Waals surface area (Å²) >= 11 is 0. The first-order valence-electron chi connectivity index (χ1n) is 4.81. The van der Waals surface area contributed by atoms with Gasteiger partial charge in [0.05, 0.1) is 13.6 Å². The molecule has 0 saturated heterocycles. The van der Waals surface area contributed by atoms with Crippen molar-refractivity contribution >= 4 is 0 Å². The standard InChI is InChI=1S/C11H14N2O/c1-13(14)8-3-2-6-11(13)10-5-4-7-12-9-10/h2-5,7,9,11H,6,8H2,1H3/t11-,13?/m1/s1. The van der Waals surface area contributed by atoms with Crippen LogP contribution in [0.3, 0.4) is 0 Å². The van der Waals surface area contributed by atoms with E-state index < -0.39 is 0 Å². The first-order valence-corrected chi connectivity index (χ1v) is 4.81. The minimum absolute atomic E-state index is 0.00806. The second kappa shape index (κ2) is 3.52. The molecule has 14 heavy (non-hydrogen) atoms. The molecule has 0 bridgehead atoms. The Morgan fingerprint density at radius 1 is 1.50 bits per heavy atom. The largest absolute Gasteiger partial charge is 0.632 e. The molecule has 1 unspecified atom stereocenters. The van der Waals surface area contributed by atoms with Crippen molar-refractivity contribution in [3.63, 3.8) is 0 Å². The summed E-state index contributed by atoms with van der Waals surface area (Å²) in [5, 5.41) is 12.1. The van der Waals surface area contributed by atoms with Gasteiger partial charge in [0.2, 0.25) is 0 Å². The second-order valence-electron chi connectivity index (χ2n) is 3.87. The summed E-state index contributed by atoms with van der Waals surface area (Å²) in [6.07, 6.45) is 8.37. The number of hydrogen-bond acceptors (Lipinski definition) is 2. The minimum Gasteiger partial charge on any atom is -0.632 e. The van der Waals surface area contributed by atoms with Crippen molar-refractivity contribution in [2.75, 3.05) is 13.6 Å². The van der Waals surface area contributed by atoms with Crippen LogP contribution in [0.2, 0.25) is 0 Å². The second-order valence-corrected chi connectivity index (χ2v) is 3.87. The van der Waals surface area contributed by atoms with E-state index in [0.29, 0.717) is 6.54 Å². The quantitative estimate of drug-likeness (QED) is 0.386. The molecule has 2 rings (SSSR count). The topological polar surface area (TPSA) is 36.0 Å². The van der Waals surface area contributed by atoms with Crippen LogP contribution in [0.1, 0.15) is 18.0 Å². The molecule has 0 aromatic carbocycles. The molecular formula is C11H14N2O. The molecule has 2 heterocycles. The Morgan fingerprint density at radius 2 is 2.36 bits per heavy atom. The van der Waals surface area contributed by atoms with Crippen LogP contribution in [0.25, 0.3) is 0 Å². The van der Waals surface area contributed by atoms with E-state index in [4.69, 9.17) is 0 Å². The van der Waals surface area contributed by atoms with Crippen molar-refractivity contribution in [1.29, 1.82) is 0 Å². The zero-order valence-corrected chi connectivity index (χ0v) is 8.26. The van der Waals surface area contributed by atoms with Gasteiger partial charge in [0.1, 0.15) is 6.04 Å². The normalized spacial score (nSPS) is 31.7. The fourth-order valence-electron chi connectivity index (χ4n) is 1.88. The van der Waals surface area contributed by atoms with E-state index in [2.05, 4.69) is 11.1 Å². The van der Waals surface area contributed by atoms with Crippen LogP contribution in [-0.4, -0.2) is 23.2 Å². The third-order valence-corrected chi connectivity index (χ3v) is 2.72. The summed E-state index contributed by atoms with van der Waals surface area (Å²) in [6, 6.07) is 3.87. The van der Waals surface area contributed by atoms with Gasteiger partial charge in [0.15, 0.2) is 0 Å². The Labute approximate surface area is 83.9 Å². The highest BCUT2D eigenvalue weighted by atomic mass is 16.5. The maximum absolute atomic E-state index is 12.1. The van der Waals surface area contributed by atoms with E-state index in [1.165, 1.54) is 0 Å². The van der Waals surface area contributed by atoms with E-state index in [-0.39, 0.29) is 10.7 Å². The van der Waals surface area contributed by atoms with Crippen LogP contribution in [0.15, 0.2) is 36.7 Å². The van der Waals surface area contributed by atoms with Gasteiger partial charge in [-0.1, -0.05) is 6.08 Å². The predicted molar refractivity (Wildman–Crippen MR) is 55.2 cm³/mol. The zero-order chi connectivity index (χ0) is 10.0. The highest BCUT2D eigenvalue weighted by molar-refractivity contribution is 5.14. The van der Waals surface area contributed by atoms with Gasteiger partial charge in [-0.05, 0) is 18.2 Å². The van der Waals surface area contributed by atoms with Crippen molar-refractivity contribution in [1.82, 2.24) is 4.98 Å². The van der Waals surface area contributed by atoms with Gasteiger partial charge in [-0.15, -0.1) is 0 Å². The summed E-state index contributed by atoms with van der Waals surface area (Å²) in [7, 11) is 1.72. The molecule has 74 valence electrons. The predicted octanol–water partition coefficient (Wildman–Crippen LogP) is 2.03. The molecule has 0 spiro atoms. The zero-order valence-electron chi connectivity index (χ0n) is 8.26. The molecule has 1 aromatic rings. The summed E-state index contributed by atoms with van der Waals surface area (Å²) in [5.41, 5.74) is 1.04. The number of nitrogens with zero attached hydrogens (tertiary/aromatic N) is 2. The van der Waals surface area contributed by atoms with E-state index in [9.17, 15) is 5.21 Å². The maximum Gasteiger partial charge on any atom is 0.119 e. The van der Waals surface area contributed by atoms with Gasteiger partial charge in [-0.2, -0.15) is 0 Å². The lowest BCUT2D eigenvalue weighted by molar-refractivity contribution is -0.888. The van der Waals surface area contributed by atoms with Gasteiger partial charge in [-0.3, -0.25) is 4.98 Å². The number of pyridine rings is 1. The Hall–Kier alpha value is -1.19. The van der Waals surface area contributed by atoms with Crippen LogP contribution >= 0.6 is 0 Å². The van der Waals surface area contributed by atoms with Crippen LogP contribution < -0.4 is 0 Å². The molecule has 3 nitrogen and oxygen atoms in total. The lowest BCUT2D eigenvalue weighted by Gasteiger charge is -2.46. The average molecular weight is 190 g/mol. The number of quaternary nitrogens is 1. The van der Waals surface area contributed by atoms with Gasteiger partial charge in [0.25, 0.3) is 0 Å². The van der Waals surface area contributed by atoms with Gasteiger partial charge in [-0.25, -0.2) is 0 Å². The van der Waals surface area contributed by atoms with Crippen molar-refractivity contribution in [2.45, 2.75) is 12.5 Å². The monoisotopic (exact) mass is 190 g/mol. The molecule has 1 aromatic heterocycles. The molecule has 0 fully saturated rings. The molecule has 0 amide bonds. The number of likely N-dealkylation sites (N-methyl/N-ethyl adjacent to an activating group) is 1. The number of rotatable bonds is 1. The van der Waals surface area contributed by atoms with Gasteiger partial charge >= 0.3 is 0 Å². The molecule has 0 saturated carbocycles. The van der Waals surface area contributed by atoms with Gasteiger partial charge in [0, 0.05) is 24.4 Å². The number of hydroxylamine groups is 3. The first-order chi connectivity index (χ1) is 6.70. The van der Waals surface area contributed by atoms with E-state index in [1.54, 1.807) is 19.4 Å². The molecule has 0 aliphatic carbocycles. The SMILES string of the molecule is C[N+]1([O-])CC=CC[C@@H]1c1cccnc1. The van der Waals surface area contributed by atoms with E-state index in [1.807, 2.05) is 18.2 Å². The van der Waals surface area contributed by atoms with Crippen LogP contribution in [0.5, 0.6) is 0 Å². The summed E-state index contributed by atoms with van der Waals surface area (Å²) in [4.78, 5) is 4.05. The highest BCUT2D eigenvalue weighted by Crippen LogP contribution is 2.31. The molecule has 3 heteroatoms. The highest BCUT2D eigenvalue weighted by Gasteiger charge is 2.26. The lowest BCUT2D eigenvalue weighted by atomic mass is 10.0. The van der Waals surface area contributed by atoms with Gasteiger partial charge < -0.3 is 9.85 Å². The smallest absolute Gasteiger partial charge is 0.119 e. The van der Waals surface area contributed by atoms with Crippen molar-refractivity contribution in [3.05, 3.63) is 47.4 Å². The lowest BCUT2D eigenvalue weighted by Crippen LogP contribution is -2.43. The molecule has 1 aliphatic rings. The first kappa shape index (κ1) is 9.37. The number of hydrogen-bond donors (Lipinski definition) is 0. The molecule has 0 N–H and O–H groups in total. The number of aromatic nitrogens is 1. The van der Waals surface area contributed by atoms with E-state index in [0.717, 1.165) is 12.0 Å². The molecular weight excluding hydrogens is 176 g/mol. The maximum atomic E-state index is 12.1. The molecule has 2 atom stereocenters. The fraction of sp³-hybridized carbons (Fsp3) is 0.364. The van der Waals surface area contributed by atoms with Crippen molar-refractivity contribution in [2.24, 2.45) is 0 Å². The molecule has 0 radical (unpaired) electrons. The average Bonchev–Trinajstić information content (AvgIpc) is 2.18. The van der Waals surface area contributed by atoms with Crippen LogP contribution in [0.4, 0.5) is 0 Å². The minimum atomic E-state index is -0.220. The van der Waals surface area contributed by atoms with Crippen LogP contribution in [0, 0.1) is 5.21 Å². The Kier molecular flexibility index (Phi) is 2.35. The van der Waals surface area contributed by atoms with Crippen molar-refractivity contribution < 1.29 is 4.65 Å². The Morgan fingerprint density at radius 3 is 3.00 bits per heavy atom. The van der Waals surface area contributed by atoms with E-state index >= 15 is 0 Å². The fourth-order valence-corrected chi connectivity index (χ4v) is 1.88. The molecule has 1 aliphatic heterocycles.